The molecule has 1 heterocycles. The van der Waals surface area contributed by atoms with E-state index in [0.29, 0.717) is 37.4 Å². The summed E-state index contributed by atoms with van der Waals surface area (Å²) in [5, 5.41) is 2.60. The molecule has 3 aromatic carbocycles. The molecule has 2 amide bonds. The zero-order chi connectivity index (χ0) is 24.1. The highest BCUT2D eigenvalue weighted by molar-refractivity contribution is 7.92. The Morgan fingerprint density at radius 3 is 2.06 bits per heavy atom. The summed E-state index contributed by atoms with van der Waals surface area (Å²) in [7, 11) is -3.93. The number of carbonyl (C=O) groups is 2. The Balaban J connectivity index is 1.47. The molecule has 0 aliphatic carbocycles. The van der Waals surface area contributed by atoms with Crippen LogP contribution in [0.3, 0.4) is 0 Å². The molecule has 0 aromatic heterocycles. The lowest BCUT2D eigenvalue weighted by Gasteiger charge is -2.36. The predicted molar refractivity (Wildman–Crippen MR) is 133 cm³/mol. The second-order valence-electron chi connectivity index (χ2n) is 7.97. The molecular formula is C25H26N4O4S. The average molecular weight is 479 g/mol. The molecule has 0 bridgehead atoms. The third kappa shape index (κ3) is 5.37. The van der Waals surface area contributed by atoms with Gasteiger partial charge in [0.25, 0.3) is 15.9 Å². The summed E-state index contributed by atoms with van der Waals surface area (Å²) < 4.78 is 28.5. The van der Waals surface area contributed by atoms with Gasteiger partial charge in [-0.1, -0.05) is 30.3 Å². The number of hydrogen-bond acceptors (Lipinski definition) is 5. The van der Waals surface area contributed by atoms with Crippen molar-refractivity contribution >= 4 is 38.9 Å². The first-order chi connectivity index (χ1) is 16.3. The Bertz CT molecular complexity index is 1270. The van der Waals surface area contributed by atoms with E-state index in [4.69, 9.17) is 0 Å². The van der Waals surface area contributed by atoms with E-state index < -0.39 is 10.0 Å². The molecule has 176 valence electrons. The van der Waals surface area contributed by atoms with Crippen LogP contribution in [0, 0.1) is 0 Å². The number of amides is 2. The fraction of sp³-hybridized carbons (Fsp3) is 0.200. The lowest BCUT2D eigenvalue weighted by molar-refractivity contribution is -0.114. The third-order valence-electron chi connectivity index (χ3n) is 5.58. The van der Waals surface area contributed by atoms with Crippen LogP contribution in [-0.2, 0) is 14.8 Å². The summed E-state index contributed by atoms with van der Waals surface area (Å²) in [5.74, 6) is -0.460. The minimum Gasteiger partial charge on any atom is -0.368 e. The van der Waals surface area contributed by atoms with Gasteiger partial charge in [0.05, 0.1) is 16.1 Å². The van der Waals surface area contributed by atoms with Crippen LogP contribution in [0.25, 0.3) is 0 Å². The molecule has 1 aliphatic heterocycles. The van der Waals surface area contributed by atoms with Gasteiger partial charge >= 0.3 is 0 Å². The molecule has 3 aromatic rings. The van der Waals surface area contributed by atoms with E-state index in [1.54, 1.807) is 29.2 Å². The molecule has 2 N–H and O–H groups in total. The molecule has 1 aliphatic rings. The Kier molecular flexibility index (Phi) is 6.83. The van der Waals surface area contributed by atoms with Crippen LogP contribution in [0.1, 0.15) is 17.3 Å². The molecule has 1 fully saturated rings. The quantitative estimate of drug-likeness (QED) is 0.566. The van der Waals surface area contributed by atoms with E-state index in [0.717, 1.165) is 5.69 Å². The van der Waals surface area contributed by atoms with Gasteiger partial charge in [0, 0.05) is 44.5 Å². The van der Waals surface area contributed by atoms with Crippen molar-refractivity contribution in [1.82, 2.24) is 4.90 Å². The smallest absolute Gasteiger partial charge is 0.261 e. The van der Waals surface area contributed by atoms with Crippen molar-refractivity contribution in [3.63, 3.8) is 0 Å². The molecule has 0 radical (unpaired) electrons. The summed E-state index contributed by atoms with van der Waals surface area (Å²) >= 11 is 0. The Morgan fingerprint density at radius 2 is 1.41 bits per heavy atom. The Morgan fingerprint density at radius 1 is 0.794 bits per heavy atom. The van der Waals surface area contributed by atoms with Gasteiger partial charge in [-0.05, 0) is 48.5 Å². The first-order valence-corrected chi connectivity index (χ1v) is 12.4. The van der Waals surface area contributed by atoms with Gasteiger partial charge in [-0.15, -0.1) is 0 Å². The van der Waals surface area contributed by atoms with Gasteiger partial charge in [0.1, 0.15) is 0 Å². The standard InChI is InChI=1S/C25H26N4O4S/c1-19(30)26-20-11-13-22(14-12-20)34(32,33)27-24-10-6-5-9-23(24)25(31)29-17-15-28(16-18-29)21-7-3-2-4-8-21/h2-14,27H,15-18H2,1H3,(H,26,30). The van der Waals surface area contributed by atoms with Crippen molar-refractivity contribution in [3.8, 4) is 0 Å². The lowest BCUT2D eigenvalue weighted by Crippen LogP contribution is -2.48. The number of nitrogens with zero attached hydrogens (tertiary/aromatic N) is 2. The normalized spacial score (nSPS) is 13.9. The molecule has 0 saturated carbocycles. The van der Waals surface area contributed by atoms with Crippen LogP contribution in [0.15, 0.2) is 83.8 Å². The van der Waals surface area contributed by atoms with Crippen molar-refractivity contribution in [2.45, 2.75) is 11.8 Å². The molecule has 8 nitrogen and oxygen atoms in total. The van der Waals surface area contributed by atoms with Gasteiger partial charge in [0.2, 0.25) is 5.91 Å². The average Bonchev–Trinajstić information content (AvgIpc) is 2.84. The third-order valence-corrected chi connectivity index (χ3v) is 6.96. The van der Waals surface area contributed by atoms with Crippen molar-refractivity contribution < 1.29 is 18.0 Å². The summed E-state index contributed by atoms with van der Waals surface area (Å²) in [6, 6.07) is 22.5. The number of benzene rings is 3. The van der Waals surface area contributed by atoms with Gasteiger partial charge in [0.15, 0.2) is 0 Å². The maximum Gasteiger partial charge on any atom is 0.261 e. The van der Waals surface area contributed by atoms with Crippen LogP contribution in [0.5, 0.6) is 0 Å². The van der Waals surface area contributed by atoms with E-state index in [9.17, 15) is 18.0 Å². The van der Waals surface area contributed by atoms with E-state index in [2.05, 4.69) is 14.9 Å². The van der Waals surface area contributed by atoms with Gasteiger partial charge < -0.3 is 15.1 Å². The van der Waals surface area contributed by atoms with E-state index >= 15 is 0 Å². The fourth-order valence-electron chi connectivity index (χ4n) is 3.86. The zero-order valence-electron chi connectivity index (χ0n) is 18.8. The summed E-state index contributed by atoms with van der Waals surface area (Å²) in [6.45, 7) is 3.86. The van der Waals surface area contributed by atoms with Crippen LogP contribution in [0.2, 0.25) is 0 Å². The van der Waals surface area contributed by atoms with Gasteiger partial charge in [-0.3, -0.25) is 14.3 Å². The highest BCUT2D eigenvalue weighted by Gasteiger charge is 2.25. The minimum absolute atomic E-state index is 0.0281. The first-order valence-electron chi connectivity index (χ1n) is 10.9. The molecule has 9 heteroatoms. The number of rotatable bonds is 6. The topological polar surface area (TPSA) is 98.8 Å². The summed E-state index contributed by atoms with van der Waals surface area (Å²) in [5.41, 5.74) is 2.14. The van der Waals surface area contributed by atoms with Crippen LogP contribution in [0.4, 0.5) is 17.1 Å². The van der Waals surface area contributed by atoms with Crippen molar-refractivity contribution in [3.05, 3.63) is 84.4 Å². The lowest BCUT2D eigenvalue weighted by atomic mass is 10.1. The van der Waals surface area contributed by atoms with Crippen molar-refractivity contribution in [1.29, 1.82) is 0 Å². The minimum atomic E-state index is -3.93. The second kappa shape index (κ2) is 9.96. The summed E-state index contributed by atoms with van der Waals surface area (Å²) in [6.07, 6.45) is 0. The molecule has 0 unspecified atom stereocenters. The molecular weight excluding hydrogens is 452 g/mol. The SMILES string of the molecule is CC(=O)Nc1ccc(S(=O)(=O)Nc2ccccc2C(=O)N2CCN(c3ccccc3)CC2)cc1. The maximum atomic E-state index is 13.3. The number of sulfonamides is 1. The van der Waals surface area contributed by atoms with Crippen LogP contribution < -0.4 is 14.9 Å². The largest absolute Gasteiger partial charge is 0.368 e. The highest BCUT2D eigenvalue weighted by atomic mass is 32.2. The first kappa shape index (κ1) is 23.3. The fourth-order valence-corrected chi connectivity index (χ4v) is 4.94. The second-order valence-corrected chi connectivity index (χ2v) is 9.65. The van der Waals surface area contributed by atoms with Crippen LogP contribution >= 0.6 is 0 Å². The van der Waals surface area contributed by atoms with Crippen molar-refractivity contribution in [2.24, 2.45) is 0 Å². The molecule has 1 saturated heterocycles. The molecule has 0 atom stereocenters. The monoisotopic (exact) mass is 478 g/mol. The maximum absolute atomic E-state index is 13.3. The molecule has 34 heavy (non-hydrogen) atoms. The summed E-state index contributed by atoms with van der Waals surface area (Å²) in [4.78, 5) is 28.4. The zero-order valence-corrected chi connectivity index (χ0v) is 19.6. The van der Waals surface area contributed by atoms with Gasteiger partial charge in [-0.2, -0.15) is 0 Å². The number of nitrogens with one attached hydrogen (secondary N) is 2. The number of anilines is 3. The Hall–Kier alpha value is -3.85. The van der Waals surface area contributed by atoms with Gasteiger partial charge in [-0.25, -0.2) is 8.42 Å². The predicted octanol–water partition coefficient (Wildman–Crippen LogP) is 3.41. The molecule has 4 rings (SSSR count). The van der Waals surface area contributed by atoms with E-state index in [1.165, 1.54) is 31.2 Å². The highest BCUT2D eigenvalue weighted by Crippen LogP contribution is 2.24. The Labute approximate surface area is 199 Å². The van der Waals surface area contributed by atoms with E-state index in [-0.39, 0.29) is 22.4 Å². The number of hydrogen-bond donors (Lipinski definition) is 2. The van der Waals surface area contributed by atoms with Crippen LogP contribution in [-0.4, -0.2) is 51.3 Å². The number of carbonyl (C=O) groups excluding carboxylic acids is 2. The van der Waals surface area contributed by atoms with Crippen molar-refractivity contribution in [2.75, 3.05) is 41.1 Å². The molecule has 0 spiro atoms. The van der Waals surface area contributed by atoms with E-state index in [1.807, 2.05) is 30.3 Å². The number of piperazine rings is 1. The number of para-hydroxylation sites is 2.